The van der Waals surface area contributed by atoms with Gasteiger partial charge in [-0.2, -0.15) is 10.2 Å². The Balaban J connectivity index is 2.80. The van der Waals surface area contributed by atoms with E-state index < -0.39 is 0 Å². The van der Waals surface area contributed by atoms with Crippen molar-refractivity contribution in [3.8, 4) is 34.6 Å². The van der Waals surface area contributed by atoms with E-state index in [1.807, 2.05) is 6.07 Å². The molecule has 0 saturated heterocycles. The van der Waals surface area contributed by atoms with Gasteiger partial charge in [-0.25, -0.2) is 4.98 Å². The van der Waals surface area contributed by atoms with Crippen LogP contribution in [0.2, 0.25) is 0 Å². The summed E-state index contributed by atoms with van der Waals surface area (Å²) in [6.07, 6.45) is 0. The van der Waals surface area contributed by atoms with Crippen molar-refractivity contribution in [2.45, 2.75) is 0 Å². The molecule has 8 nitrogen and oxygen atoms in total. The average Bonchev–Trinajstić information content (AvgIpc) is 2.52. The average molecular weight is 301 g/mol. The van der Waals surface area contributed by atoms with Gasteiger partial charge >= 0.3 is 0 Å². The standard InChI is InChI=1S/C14H15N5O3/c1-20-9-5-11(22-3)10(21-2)4-7(9)12-8(6-15)13(16)19-14(17)18-12/h4-5H,1-3H3,(H4,16,17,18,19). The Bertz CT molecular complexity index is 755. The fourth-order valence-corrected chi connectivity index (χ4v) is 2.02. The lowest BCUT2D eigenvalue weighted by molar-refractivity contribution is 0.349. The Morgan fingerprint density at radius 1 is 0.955 bits per heavy atom. The van der Waals surface area contributed by atoms with Crippen LogP contribution < -0.4 is 25.7 Å². The molecule has 2 aromatic rings. The molecule has 0 atom stereocenters. The minimum Gasteiger partial charge on any atom is -0.496 e. The van der Waals surface area contributed by atoms with Crippen molar-refractivity contribution in [2.75, 3.05) is 32.8 Å². The highest BCUT2D eigenvalue weighted by atomic mass is 16.5. The molecule has 0 bridgehead atoms. The first-order valence-corrected chi connectivity index (χ1v) is 6.19. The largest absolute Gasteiger partial charge is 0.496 e. The van der Waals surface area contributed by atoms with Gasteiger partial charge in [0, 0.05) is 11.6 Å². The van der Waals surface area contributed by atoms with E-state index in [4.69, 9.17) is 25.7 Å². The molecule has 114 valence electrons. The topological polar surface area (TPSA) is 129 Å². The molecule has 0 spiro atoms. The third-order valence-electron chi connectivity index (χ3n) is 3.03. The van der Waals surface area contributed by atoms with Crippen LogP contribution in [0.15, 0.2) is 12.1 Å². The number of rotatable bonds is 4. The molecule has 0 aliphatic heterocycles. The van der Waals surface area contributed by atoms with Gasteiger partial charge in [-0.15, -0.1) is 0 Å². The number of nitrogens with two attached hydrogens (primary N) is 2. The van der Waals surface area contributed by atoms with Crippen molar-refractivity contribution in [1.82, 2.24) is 9.97 Å². The van der Waals surface area contributed by atoms with E-state index in [9.17, 15) is 5.26 Å². The van der Waals surface area contributed by atoms with Crippen molar-refractivity contribution in [3.05, 3.63) is 17.7 Å². The van der Waals surface area contributed by atoms with Crippen LogP contribution in [0, 0.1) is 11.3 Å². The summed E-state index contributed by atoms with van der Waals surface area (Å²) in [6.45, 7) is 0. The number of benzene rings is 1. The van der Waals surface area contributed by atoms with E-state index in [-0.39, 0.29) is 23.0 Å². The fourth-order valence-electron chi connectivity index (χ4n) is 2.02. The summed E-state index contributed by atoms with van der Waals surface area (Å²) < 4.78 is 15.8. The van der Waals surface area contributed by atoms with E-state index in [0.29, 0.717) is 22.8 Å². The number of ether oxygens (including phenoxy) is 3. The van der Waals surface area contributed by atoms with Crippen LogP contribution in [-0.4, -0.2) is 31.3 Å². The van der Waals surface area contributed by atoms with Crippen LogP contribution >= 0.6 is 0 Å². The van der Waals surface area contributed by atoms with Crippen LogP contribution in [0.3, 0.4) is 0 Å². The van der Waals surface area contributed by atoms with Crippen molar-refractivity contribution in [1.29, 1.82) is 5.26 Å². The zero-order valence-electron chi connectivity index (χ0n) is 12.4. The number of methoxy groups -OCH3 is 3. The fraction of sp³-hybridized carbons (Fsp3) is 0.214. The summed E-state index contributed by atoms with van der Waals surface area (Å²) in [5, 5.41) is 9.29. The molecule has 0 radical (unpaired) electrons. The summed E-state index contributed by atoms with van der Waals surface area (Å²) in [5.74, 6) is 1.34. The first-order chi connectivity index (χ1) is 10.5. The van der Waals surface area contributed by atoms with Crippen molar-refractivity contribution < 1.29 is 14.2 Å². The van der Waals surface area contributed by atoms with Gasteiger partial charge in [-0.3, -0.25) is 0 Å². The highest BCUT2D eigenvalue weighted by molar-refractivity contribution is 5.79. The summed E-state index contributed by atoms with van der Waals surface area (Å²) >= 11 is 0. The molecule has 1 aromatic carbocycles. The third-order valence-corrected chi connectivity index (χ3v) is 3.03. The van der Waals surface area contributed by atoms with Gasteiger partial charge in [0.05, 0.1) is 27.0 Å². The van der Waals surface area contributed by atoms with Crippen molar-refractivity contribution in [3.63, 3.8) is 0 Å². The minimum atomic E-state index is -0.0386. The minimum absolute atomic E-state index is 0.00170. The van der Waals surface area contributed by atoms with Gasteiger partial charge in [0.25, 0.3) is 0 Å². The second kappa shape index (κ2) is 6.05. The molecular formula is C14H15N5O3. The normalized spacial score (nSPS) is 9.91. The van der Waals surface area contributed by atoms with E-state index in [1.165, 1.54) is 21.3 Å². The Kier molecular flexibility index (Phi) is 4.18. The second-order valence-electron chi connectivity index (χ2n) is 4.21. The molecular weight excluding hydrogens is 286 g/mol. The SMILES string of the molecule is COc1cc(OC)c(-c2nc(N)nc(N)c2C#N)cc1OC. The third kappa shape index (κ3) is 2.52. The Labute approximate surface area is 127 Å². The first kappa shape index (κ1) is 15.2. The molecule has 2 rings (SSSR count). The number of nitriles is 1. The number of hydrogen-bond donors (Lipinski definition) is 2. The molecule has 0 aliphatic carbocycles. The van der Waals surface area contributed by atoms with Gasteiger partial charge in [-0.05, 0) is 6.07 Å². The van der Waals surface area contributed by atoms with Gasteiger partial charge in [-0.1, -0.05) is 0 Å². The number of nitrogen functional groups attached to an aromatic ring is 2. The smallest absolute Gasteiger partial charge is 0.222 e. The molecule has 0 amide bonds. The predicted octanol–water partition coefficient (Wildman–Crippen LogP) is 1.21. The predicted molar refractivity (Wildman–Crippen MR) is 80.7 cm³/mol. The van der Waals surface area contributed by atoms with E-state index in [2.05, 4.69) is 9.97 Å². The molecule has 0 aliphatic rings. The molecule has 0 unspecified atom stereocenters. The Hall–Kier alpha value is -3.21. The molecule has 8 heteroatoms. The van der Waals surface area contributed by atoms with Crippen LogP contribution in [0.4, 0.5) is 11.8 Å². The van der Waals surface area contributed by atoms with Crippen LogP contribution in [0.25, 0.3) is 11.3 Å². The monoisotopic (exact) mass is 301 g/mol. The molecule has 1 heterocycles. The van der Waals surface area contributed by atoms with Gasteiger partial charge in [0.1, 0.15) is 23.2 Å². The summed E-state index contributed by atoms with van der Waals surface area (Å²) in [7, 11) is 4.51. The van der Waals surface area contributed by atoms with E-state index in [1.54, 1.807) is 12.1 Å². The molecule has 0 fully saturated rings. The maximum absolute atomic E-state index is 9.29. The Morgan fingerprint density at radius 3 is 2.09 bits per heavy atom. The highest BCUT2D eigenvalue weighted by Gasteiger charge is 2.20. The zero-order valence-corrected chi connectivity index (χ0v) is 12.4. The first-order valence-electron chi connectivity index (χ1n) is 6.19. The summed E-state index contributed by atoms with van der Waals surface area (Å²) in [5.41, 5.74) is 12.2. The second-order valence-corrected chi connectivity index (χ2v) is 4.21. The maximum atomic E-state index is 9.29. The summed E-state index contributed by atoms with van der Waals surface area (Å²) in [4.78, 5) is 7.89. The summed E-state index contributed by atoms with van der Waals surface area (Å²) in [6, 6.07) is 5.24. The number of aromatic nitrogens is 2. The van der Waals surface area contributed by atoms with Crippen LogP contribution in [0.1, 0.15) is 5.56 Å². The van der Waals surface area contributed by atoms with Gasteiger partial charge in [0.2, 0.25) is 5.95 Å². The zero-order chi connectivity index (χ0) is 16.3. The number of hydrogen-bond acceptors (Lipinski definition) is 8. The van der Waals surface area contributed by atoms with Crippen molar-refractivity contribution >= 4 is 11.8 Å². The lowest BCUT2D eigenvalue weighted by Crippen LogP contribution is -2.06. The maximum Gasteiger partial charge on any atom is 0.222 e. The Morgan fingerprint density at radius 2 is 1.55 bits per heavy atom. The van der Waals surface area contributed by atoms with Crippen LogP contribution in [0.5, 0.6) is 17.2 Å². The van der Waals surface area contributed by atoms with E-state index >= 15 is 0 Å². The highest BCUT2D eigenvalue weighted by Crippen LogP contribution is 2.41. The molecule has 22 heavy (non-hydrogen) atoms. The molecule has 1 aromatic heterocycles. The number of nitrogens with zero attached hydrogens (tertiary/aromatic N) is 3. The van der Waals surface area contributed by atoms with Crippen molar-refractivity contribution in [2.24, 2.45) is 0 Å². The van der Waals surface area contributed by atoms with Gasteiger partial charge < -0.3 is 25.7 Å². The molecule has 0 saturated carbocycles. The lowest BCUT2D eigenvalue weighted by Gasteiger charge is -2.15. The quantitative estimate of drug-likeness (QED) is 0.861. The van der Waals surface area contributed by atoms with Crippen LogP contribution in [-0.2, 0) is 0 Å². The molecule has 4 N–H and O–H groups in total. The lowest BCUT2D eigenvalue weighted by atomic mass is 10.0. The van der Waals surface area contributed by atoms with E-state index in [0.717, 1.165) is 0 Å². The number of anilines is 2. The van der Waals surface area contributed by atoms with Gasteiger partial charge in [0.15, 0.2) is 11.5 Å².